The number of halogens is 1. The Labute approximate surface area is 154 Å². The lowest BCUT2D eigenvalue weighted by atomic mass is 10.0. The Morgan fingerprint density at radius 1 is 1.22 bits per heavy atom. The number of nitrogens with zero attached hydrogens (tertiary/aromatic N) is 1. The third kappa shape index (κ3) is 4.37. The summed E-state index contributed by atoms with van der Waals surface area (Å²) in [4.78, 5) is 4.46. The average molecular weight is 423 g/mol. The molecule has 0 fully saturated rings. The van der Waals surface area contributed by atoms with E-state index in [9.17, 15) is 0 Å². The van der Waals surface area contributed by atoms with Crippen LogP contribution in [0.4, 0.5) is 0 Å². The van der Waals surface area contributed by atoms with Crippen LogP contribution in [0.25, 0.3) is 0 Å². The van der Waals surface area contributed by atoms with E-state index < -0.39 is 0 Å². The van der Waals surface area contributed by atoms with E-state index in [0.29, 0.717) is 19.1 Å². The van der Waals surface area contributed by atoms with E-state index in [1.807, 2.05) is 30.3 Å². The highest BCUT2D eigenvalue weighted by Crippen LogP contribution is 2.31. The number of nitrogens with two attached hydrogens (primary N) is 1. The minimum Gasteiger partial charge on any atom is -0.493 e. The Morgan fingerprint density at radius 2 is 1.96 bits per heavy atom. The van der Waals surface area contributed by atoms with Crippen LogP contribution in [0.2, 0.25) is 0 Å². The average Bonchev–Trinajstić information content (AvgIpc) is 2.54. The Balaban J connectivity index is 0.00000192. The summed E-state index contributed by atoms with van der Waals surface area (Å²) in [6, 6.07) is 16.4. The summed E-state index contributed by atoms with van der Waals surface area (Å²) in [7, 11) is 0. The maximum Gasteiger partial charge on any atom is 0.189 e. The molecule has 2 aromatic rings. The van der Waals surface area contributed by atoms with Crippen LogP contribution in [0.3, 0.4) is 0 Å². The summed E-state index contributed by atoms with van der Waals surface area (Å²) < 4.78 is 5.66. The zero-order valence-electron chi connectivity index (χ0n) is 13.2. The fraction of sp³-hybridized carbons (Fsp3) is 0.278. The maximum absolute atomic E-state index is 6.06. The van der Waals surface area contributed by atoms with Crippen molar-refractivity contribution in [1.82, 2.24) is 5.32 Å². The Hall–Kier alpha value is -1.76. The molecule has 122 valence electrons. The number of guanidine groups is 1. The van der Waals surface area contributed by atoms with Gasteiger partial charge in [0.2, 0.25) is 0 Å². The number of fused-ring (bicyclic) bond motifs is 1. The number of aliphatic imine (C=N–C) groups is 1. The highest BCUT2D eigenvalue weighted by atomic mass is 127. The Bertz CT molecular complexity index is 687. The normalized spacial score (nSPS) is 16.7. The van der Waals surface area contributed by atoms with Gasteiger partial charge < -0.3 is 15.8 Å². The van der Waals surface area contributed by atoms with Crippen molar-refractivity contribution in [3.8, 4) is 5.75 Å². The molecule has 23 heavy (non-hydrogen) atoms. The lowest BCUT2D eigenvalue weighted by Crippen LogP contribution is -2.37. The summed E-state index contributed by atoms with van der Waals surface area (Å²) in [5.74, 6) is 1.41. The molecule has 0 aliphatic carbocycles. The minimum absolute atomic E-state index is 0. The second kappa shape index (κ2) is 8.19. The molecule has 0 saturated heterocycles. The summed E-state index contributed by atoms with van der Waals surface area (Å²) in [6.07, 6.45) is 0.887. The molecule has 0 radical (unpaired) electrons. The first-order valence-corrected chi connectivity index (χ1v) is 7.57. The molecule has 0 bridgehead atoms. The molecule has 4 nitrogen and oxygen atoms in total. The predicted molar refractivity (Wildman–Crippen MR) is 104 cm³/mol. The van der Waals surface area contributed by atoms with E-state index >= 15 is 0 Å². The van der Waals surface area contributed by atoms with Crippen molar-refractivity contribution in [2.24, 2.45) is 10.7 Å². The van der Waals surface area contributed by atoms with Crippen molar-refractivity contribution in [2.45, 2.75) is 25.9 Å². The molecule has 5 heteroatoms. The van der Waals surface area contributed by atoms with E-state index in [4.69, 9.17) is 10.5 Å². The zero-order chi connectivity index (χ0) is 15.4. The third-order valence-corrected chi connectivity index (χ3v) is 3.96. The molecule has 1 aliphatic rings. The number of hydrogen-bond acceptors (Lipinski definition) is 2. The summed E-state index contributed by atoms with van der Waals surface area (Å²) >= 11 is 0. The molecule has 2 aromatic carbocycles. The number of rotatable bonds is 3. The standard InChI is InChI=1S/C18H21N3O.HI/c1-13-6-2-3-7-14(13)12-20-18(19)21-16-10-11-22-17-9-5-4-8-15(16)17;/h2-9,16H,10-12H2,1H3,(H3,19,20,21);1H. The van der Waals surface area contributed by atoms with Gasteiger partial charge in [-0.1, -0.05) is 42.5 Å². The van der Waals surface area contributed by atoms with Gasteiger partial charge in [0, 0.05) is 12.0 Å². The van der Waals surface area contributed by atoms with Crippen molar-refractivity contribution < 1.29 is 4.74 Å². The Morgan fingerprint density at radius 3 is 2.78 bits per heavy atom. The van der Waals surface area contributed by atoms with Crippen LogP contribution in [0.15, 0.2) is 53.5 Å². The maximum atomic E-state index is 6.06. The van der Waals surface area contributed by atoms with Crippen LogP contribution in [0.1, 0.15) is 29.2 Å². The largest absolute Gasteiger partial charge is 0.493 e. The van der Waals surface area contributed by atoms with Gasteiger partial charge in [-0.2, -0.15) is 0 Å². The van der Waals surface area contributed by atoms with E-state index in [1.54, 1.807) is 0 Å². The zero-order valence-corrected chi connectivity index (χ0v) is 15.5. The van der Waals surface area contributed by atoms with Crippen molar-refractivity contribution in [1.29, 1.82) is 0 Å². The lowest BCUT2D eigenvalue weighted by Gasteiger charge is -2.26. The van der Waals surface area contributed by atoms with Crippen LogP contribution in [-0.2, 0) is 6.54 Å². The second-order valence-electron chi connectivity index (χ2n) is 5.50. The molecule has 1 aliphatic heterocycles. The highest BCUT2D eigenvalue weighted by molar-refractivity contribution is 14.0. The molecule has 1 atom stereocenters. The molecular weight excluding hydrogens is 401 g/mol. The van der Waals surface area contributed by atoms with Crippen LogP contribution in [0.5, 0.6) is 5.75 Å². The van der Waals surface area contributed by atoms with E-state index in [2.05, 4.69) is 35.4 Å². The molecule has 0 saturated carbocycles. The van der Waals surface area contributed by atoms with Crippen LogP contribution >= 0.6 is 24.0 Å². The molecule has 0 amide bonds. The second-order valence-corrected chi connectivity index (χ2v) is 5.50. The number of ether oxygens (including phenoxy) is 1. The fourth-order valence-electron chi connectivity index (χ4n) is 2.67. The summed E-state index contributed by atoms with van der Waals surface area (Å²) in [5.41, 5.74) is 9.63. The number of nitrogens with one attached hydrogen (secondary N) is 1. The highest BCUT2D eigenvalue weighted by Gasteiger charge is 2.21. The van der Waals surface area contributed by atoms with E-state index in [1.165, 1.54) is 11.1 Å². The van der Waals surface area contributed by atoms with Gasteiger partial charge in [0.05, 0.1) is 19.2 Å². The number of aryl methyl sites for hydroxylation is 1. The first-order valence-electron chi connectivity index (χ1n) is 7.57. The topological polar surface area (TPSA) is 59.6 Å². The quantitative estimate of drug-likeness (QED) is 0.451. The molecule has 3 rings (SSSR count). The van der Waals surface area contributed by atoms with Gasteiger partial charge in [-0.25, -0.2) is 4.99 Å². The molecule has 3 N–H and O–H groups in total. The van der Waals surface area contributed by atoms with Crippen molar-refractivity contribution in [3.63, 3.8) is 0 Å². The van der Waals surface area contributed by atoms with Gasteiger partial charge in [0.15, 0.2) is 5.96 Å². The summed E-state index contributed by atoms with van der Waals surface area (Å²) in [5, 5.41) is 3.31. The SMILES string of the molecule is Cc1ccccc1CN=C(N)NC1CCOc2ccccc21.I. The summed E-state index contributed by atoms with van der Waals surface area (Å²) in [6.45, 7) is 3.37. The number of benzene rings is 2. The van der Waals surface area contributed by atoms with Gasteiger partial charge in [0.25, 0.3) is 0 Å². The minimum atomic E-state index is 0. The number of hydrogen-bond donors (Lipinski definition) is 2. The van der Waals surface area contributed by atoms with Crippen molar-refractivity contribution in [2.75, 3.05) is 6.61 Å². The fourth-order valence-corrected chi connectivity index (χ4v) is 2.67. The molecule has 1 unspecified atom stereocenters. The molecule has 1 heterocycles. The van der Waals surface area contributed by atoms with Crippen molar-refractivity contribution in [3.05, 3.63) is 65.2 Å². The molecular formula is C18H22IN3O. The van der Waals surface area contributed by atoms with Gasteiger partial charge >= 0.3 is 0 Å². The predicted octanol–water partition coefficient (Wildman–Crippen LogP) is 3.54. The van der Waals surface area contributed by atoms with Crippen LogP contribution in [0, 0.1) is 6.92 Å². The number of para-hydroxylation sites is 1. The van der Waals surface area contributed by atoms with Crippen LogP contribution < -0.4 is 15.8 Å². The van der Waals surface area contributed by atoms with Gasteiger partial charge in [-0.05, 0) is 24.1 Å². The van der Waals surface area contributed by atoms with E-state index in [-0.39, 0.29) is 30.0 Å². The van der Waals surface area contributed by atoms with Crippen LogP contribution in [-0.4, -0.2) is 12.6 Å². The van der Waals surface area contributed by atoms with Crippen molar-refractivity contribution >= 4 is 29.9 Å². The molecule has 0 spiro atoms. The first kappa shape index (κ1) is 17.6. The van der Waals surface area contributed by atoms with Gasteiger partial charge in [0.1, 0.15) is 5.75 Å². The monoisotopic (exact) mass is 423 g/mol. The van der Waals surface area contributed by atoms with Gasteiger partial charge in [-0.3, -0.25) is 0 Å². The smallest absolute Gasteiger partial charge is 0.189 e. The Kier molecular flexibility index (Phi) is 6.27. The lowest BCUT2D eigenvalue weighted by molar-refractivity contribution is 0.262. The first-order chi connectivity index (χ1) is 10.7. The third-order valence-electron chi connectivity index (χ3n) is 3.96. The molecule has 0 aromatic heterocycles. The van der Waals surface area contributed by atoms with Gasteiger partial charge in [-0.15, -0.1) is 24.0 Å². The van der Waals surface area contributed by atoms with E-state index in [0.717, 1.165) is 17.7 Å².